The van der Waals surface area contributed by atoms with Crippen molar-refractivity contribution in [2.75, 3.05) is 38.2 Å². The van der Waals surface area contributed by atoms with E-state index in [0.29, 0.717) is 5.92 Å². The zero-order valence-electron chi connectivity index (χ0n) is 14.9. The van der Waals surface area contributed by atoms with Crippen LogP contribution in [0.2, 0.25) is 0 Å². The van der Waals surface area contributed by atoms with Crippen molar-refractivity contribution in [2.24, 2.45) is 5.92 Å². The Hall–Kier alpha value is -1.98. The van der Waals surface area contributed by atoms with Gasteiger partial charge in [0.05, 0.1) is 12.3 Å². The Labute approximate surface area is 149 Å². The number of nitrogens with zero attached hydrogens (tertiary/aromatic N) is 3. The number of aromatic nitrogens is 2. The average molecular weight is 338 g/mol. The van der Waals surface area contributed by atoms with Crippen molar-refractivity contribution in [1.29, 1.82) is 0 Å². The summed E-state index contributed by atoms with van der Waals surface area (Å²) in [4.78, 5) is 11.6. The summed E-state index contributed by atoms with van der Waals surface area (Å²) < 4.78 is 5.53. The Balaban J connectivity index is 1.47. The van der Waals surface area contributed by atoms with Crippen LogP contribution < -0.4 is 5.32 Å². The molecule has 2 aliphatic heterocycles. The summed E-state index contributed by atoms with van der Waals surface area (Å²) in [6.07, 6.45) is 4.88. The van der Waals surface area contributed by atoms with E-state index in [2.05, 4.69) is 51.4 Å². The maximum Gasteiger partial charge on any atom is 0.137 e. The second-order valence-electron chi connectivity index (χ2n) is 7.17. The normalized spacial score (nSPS) is 20.9. The van der Waals surface area contributed by atoms with E-state index in [1.54, 1.807) is 6.33 Å². The van der Waals surface area contributed by atoms with E-state index in [0.717, 1.165) is 57.2 Å². The van der Waals surface area contributed by atoms with Gasteiger partial charge in [0.25, 0.3) is 0 Å². The first-order chi connectivity index (χ1) is 12.3. The van der Waals surface area contributed by atoms with Crippen LogP contribution in [0, 0.1) is 12.8 Å². The van der Waals surface area contributed by atoms with Gasteiger partial charge >= 0.3 is 0 Å². The molecule has 25 heavy (non-hydrogen) atoms. The lowest BCUT2D eigenvalue weighted by molar-refractivity contribution is 0.168. The van der Waals surface area contributed by atoms with Crippen molar-refractivity contribution >= 4 is 11.5 Å². The molecule has 1 saturated heterocycles. The predicted octanol–water partition coefficient (Wildman–Crippen LogP) is 2.97. The van der Waals surface area contributed by atoms with Gasteiger partial charge in [0.1, 0.15) is 12.1 Å². The molecular weight excluding hydrogens is 312 g/mol. The Kier molecular flexibility index (Phi) is 4.95. The van der Waals surface area contributed by atoms with Crippen LogP contribution in [0.4, 0.5) is 11.5 Å². The van der Waals surface area contributed by atoms with Gasteiger partial charge in [0, 0.05) is 43.9 Å². The van der Waals surface area contributed by atoms with Crippen LogP contribution in [0.25, 0.3) is 0 Å². The molecule has 1 aromatic heterocycles. The smallest absolute Gasteiger partial charge is 0.137 e. The summed E-state index contributed by atoms with van der Waals surface area (Å²) in [5.74, 6) is 1.65. The molecule has 1 fully saturated rings. The highest BCUT2D eigenvalue weighted by Crippen LogP contribution is 2.25. The van der Waals surface area contributed by atoms with E-state index in [1.165, 1.54) is 23.2 Å². The molecule has 3 heterocycles. The van der Waals surface area contributed by atoms with Crippen LogP contribution in [-0.2, 0) is 17.6 Å². The average Bonchev–Trinajstić information content (AvgIpc) is 3.04. The van der Waals surface area contributed by atoms with Gasteiger partial charge in [0.2, 0.25) is 0 Å². The number of anilines is 2. The van der Waals surface area contributed by atoms with Crippen LogP contribution in [0.3, 0.4) is 0 Å². The quantitative estimate of drug-likeness (QED) is 0.929. The van der Waals surface area contributed by atoms with Gasteiger partial charge in [-0.1, -0.05) is 17.7 Å². The molecule has 2 aromatic rings. The lowest BCUT2D eigenvalue weighted by Gasteiger charge is -2.22. The lowest BCUT2D eigenvalue weighted by Crippen LogP contribution is -2.32. The molecule has 0 spiro atoms. The second kappa shape index (κ2) is 7.50. The number of benzene rings is 1. The molecule has 5 nitrogen and oxygen atoms in total. The first-order valence-corrected chi connectivity index (χ1v) is 9.24. The molecule has 5 heteroatoms. The number of hydrogen-bond acceptors (Lipinski definition) is 5. The van der Waals surface area contributed by atoms with E-state index < -0.39 is 0 Å². The monoisotopic (exact) mass is 338 g/mol. The number of ether oxygens (including phenoxy) is 1. The molecule has 0 amide bonds. The van der Waals surface area contributed by atoms with Crippen LogP contribution in [0.5, 0.6) is 0 Å². The highest BCUT2D eigenvalue weighted by molar-refractivity contribution is 5.60. The minimum atomic E-state index is 0.692. The first kappa shape index (κ1) is 16.5. The third kappa shape index (κ3) is 3.99. The number of rotatable bonds is 4. The summed E-state index contributed by atoms with van der Waals surface area (Å²) >= 11 is 0. The summed E-state index contributed by atoms with van der Waals surface area (Å²) in [5.41, 5.74) is 4.80. The van der Waals surface area contributed by atoms with E-state index in [-0.39, 0.29) is 0 Å². The van der Waals surface area contributed by atoms with E-state index in [4.69, 9.17) is 4.74 Å². The van der Waals surface area contributed by atoms with Crippen LogP contribution in [0.15, 0.2) is 30.6 Å². The number of hydrogen-bond donors (Lipinski definition) is 1. The highest BCUT2D eigenvalue weighted by Gasteiger charge is 2.23. The van der Waals surface area contributed by atoms with E-state index in [1.807, 2.05) is 0 Å². The van der Waals surface area contributed by atoms with Crippen molar-refractivity contribution in [1.82, 2.24) is 14.9 Å². The second-order valence-corrected chi connectivity index (χ2v) is 7.17. The minimum absolute atomic E-state index is 0.692. The van der Waals surface area contributed by atoms with Crippen molar-refractivity contribution in [2.45, 2.75) is 26.2 Å². The molecule has 0 radical (unpaired) electrons. The first-order valence-electron chi connectivity index (χ1n) is 9.24. The Morgan fingerprint density at radius 2 is 2.00 bits per heavy atom. The summed E-state index contributed by atoms with van der Waals surface area (Å²) in [6, 6.07) is 8.45. The lowest BCUT2D eigenvalue weighted by atomic mass is 10.1. The maximum absolute atomic E-state index is 5.53. The molecule has 1 N–H and O–H groups in total. The van der Waals surface area contributed by atoms with Gasteiger partial charge in [-0.3, -0.25) is 0 Å². The van der Waals surface area contributed by atoms with Gasteiger partial charge in [-0.25, -0.2) is 9.97 Å². The topological polar surface area (TPSA) is 50.3 Å². The third-order valence-corrected chi connectivity index (χ3v) is 5.23. The zero-order chi connectivity index (χ0) is 17.1. The van der Waals surface area contributed by atoms with Gasteiger partial charge in [-0.2, -0.15) is 0 Å². The molecule has 4 rings (SSSR count). The summed E-state index contributed by atoms with van der Waals surface area (Å²) in [6.45, 7) is 7.23. The Bertz CT molecular complexity index is 710. The van der Waals surface area contributed by atoms with E-state index >= 15 is 0 Å². The minimum Gasteiger partial charge on any atom is -0.381 e. The van der Waals surface area contributed by atoms with Crippen LogP contribution >= 0.6 is 0 Å². The fourth-order valence-corrected chi connectivity index (χ4v) is 3.73. The van der Waals surface area contributed by atoms with Gasteiger partial charge in [0.15, 0.2) is 0 Å². The number of nitrogens with one attached hydrogen (secondary N) is 1. The molecule has 1 atom stereocenters. The van der Waals surface area contributed by atoms with E-state index in [9.17, 15) is 0 Å². The third-order valence-electron chi connectivity index (χ3n) is 5.23. The van der Waals surface area contributed by atoms with Gasteiger partial charge in [-0.05, 0) is 37.8 Å². The predicted molar refractivity (Wildman–Crippen MR) is 99.3 cm³/mol. The zero-order valence-corrected chi connectivity index (χ0v) is 14.9. The van der Waals surface area contributed by atoms with Crippen molar-refractivity contribution in [3.8, 4) is 0 Å². The van der Waals surface area contributed by atoms with Gasteiger partial charge in [-0.15, -0.1) is 0 Å². The molecule has 2 aliphatic rings. The largest absolute Gasteiger partial charge is 0.381 e. The Morgan fingerprint density at radius 3 is 2.80 bits per heavy atom. The van der Waals surface area contributed by atoms with Gasteiger partial charge < -0.3 is 15.0 Å². The molecular formula is C20H26N4O. The molecule has 0 aliphatic carbocycles. The van der Waals surface area contributed by atoms with Crippen molar-refractivity contribution in [3.63, 3.8) is 0 Å². The number of aryl methyl sites for hydroxylation is 1. The molecule has 1 aromatic carbocycles. The Morgan fingerprint density at radius 1 is 1.16 bits per heavy atom. The fraction of sp³-hybridized carbons (Fsp3) is 0.500. The molecule has 1 unspecified atom stereocenters. The maximum atomic E-state index is 5.53. The molecule has 132 valence electrons. The SMILES string of the molecule is Cc1ccc(Nc2ncnc3c2CCN(CC2CCOC2)CC3)cc1. The standard InChI is InChI=1S/C20H26N4O/c1-15-2-4-17(5-3-15)23-20-18-6-9-24(12-16-8-11-25-13-16)10-7-19(18)21-14-22-20/h2-5,14,16H,6-13H2,1H3,(H,21,22,23). The fourth-order valence-electron chi connectivity index (χ4n) is 3.73. The summed E-state index contributed by atoms with van der Waals surface area (Å²) in [7, 11) is 0. The van der Waals surface area contributed by atoms with Crippen molar-refractivity contribution < 1.29 is 4.74 Å². The van der Waals surface area contributed by atoms with Crippen LogP contribution in [-0.4, -0.2) is 47.7 Å². The molecule has 0 bridgehead atoms. The summed E-state index contributed by atoms with van der Waals surface area (Å²) in [5, 5.41) is 3.49. The van der Waals surface area contributed by atoms with Crippen molar-refractivity contribution in [3.05, 3.63) is 47.4 Å². The highest BCUT2D eigenvalue weighted by atomic mass is 16.5. The molecule has 0 saturated carbocycles. The number of fused-ring (bicyclic) bond motifs is 1. The van der Waals surface area contributed by atoms with Crippen LogP contribution in [0.1, 0.15) is 23.2 Å².